The zero-order valence-corrected chi connectivity index (χ0v) is 24.5. The summed E-state index contributed by atoms with van der Waals surface area (Å²) in [7, 11) is -9.83. The summed E-state index contributed by atoms with van der Waals surface area (Å²) in [6.07, 6.45) is 0. The molecular weight excluding hydrogens is 574 g/mol. The Labute approximate surface area is 243 Å². The van der Waals surface area contributed by atoms with Crippen molar-refractivity contribution < 1.29 is 37.8 Å². The van der Waals surface area contributed by atoms with E-state index in [1.165, 1.54) is 0 Å². The van der Waals surface area contributed by atoms with Crippen molar-refractivity contribution in [3.63, 3.8) is 0 Å². The van der Waals surface area contributed by atoms with Crippen LogP contribution >= 0.6 is 15.6 Å². The van der Waals surface area contributed by atoms with Crippen molar-refractivity contribution in [1.29, 1.82) is 0 Å². The summed E-state index contributed by atoms with van der Waals surface area (Å²) >= 11 is 0. The van der Waals surface area contributed by atoms with Gasteiger partial charge >= 0.3 is 15.6 Å². The Morgan fingerprint density at radius 3 is 1.12 bits per heavy atom. The Bertz CT molecular complexity index is 1710. The highest BCUT2D eigenvalue weighted by Gasteiger charge is 2.27. The van der Waals surface area contributed by atoms with Gasteiger partial charge < -0.3 is 9.05 Å². The monoisotopic (exact) mass is 602 g/mol. The van der Waals surface area contributed by atoms with Crippen molar-refractivity contribution in [2.75, 3.05) is 0 Å². The molecule has 5 rings (SSSR count). The van der Waals surface area contributed by atoms with E-state index in [1.807, 2.05) is 97.1 Å². The summed E-state index contributed by atoms with van der Waals surface area (Å²) in [6, 6.07) is 33.0. The van der Waals surface area contributed by atoms with Crippen LogP contribution in [0.1, 0.15) is 11.1 Å². The zero-order chi connectivity index (χ0) is 30.1. The molecule has 0 heterocycles. The van der Waals surface area contributed by atoms with E-state index in [0.717, 1.165) is 0 Å². The maximum atomic E-state index is 12.1. The summed E-state index contributed by atoms with van der Waals surface area (Å²) in [5.74, 6) is 0.110. The number of hydrogen-bond acceptors (Lipinski definition) is 4. The van der Waals surface area contributed by atoms with Crippen LogP contribution in [-0.4, -0.2) is 19.6 Å². The molecule has 42 heavy (non-hydrogen) atoms. The Kier molecular flexibility index (Phi) is 8.22. The molecule has 0 fully saturated rings. The third-order valence-electron chi connectivity index (χ3n) is 6.76. The van der Waals surface area contributed by atoms with Crippen LogP contribution in [0.2, 0.25) is 0 Å². The van der Waals surface area contributed by atoms with Crippen LogP contribution in [0.3, 0.4) is 0 Å². The minimum atomic E-state index is -4.91. The zero-order valence-electron chi connectivity index (χ0n) is 22.7. The fraction of sp³-hybridized carbons (Fsp3) is 0.0625. The van der Waals surface area contributed by atoms with Gasteiger partial charge in [0, 0.05) is 11.1 Å². The smallest absolute Gasteiger partial charge is 0.403 e. The van der Waals surface area contributed by atoms with Gasteiger partial charge in [0.2, 0.25) is 0 Å². The van der Waals surface area contributed by atoms with E-state index >= 15 is 0 Å². The van der Waals surface area contributed by atoms with Crippen LogP contribution in [0.15, 0.2) is 109 Å². The molecule has 0 bridgehead atoms. The Morgan fingerprint density at radius 1 is 0.452 bits per heavy atom. The standard InChI is InChI=1S/C32H28O8P2/c1-21-17-19-27(29(23-11-5-3-6-12-23)31(21)39-41(33,34)35)25-15-9-10-16-26(25)28-20-18-22(2)32(40-42(36,37)38)30(28)24-13-7-4-8-14-24/h3-20H,1-2H3,(H2,33,34,35)(H2,36,37,38). The summed E-state index contributed by atoms with van der Waals surface area (Å²) in [5.41, 5.74) is 6.13. The molecule has 0 aromatic heterocycles. The minimum absolute atomic E-state index is 0.0551. The van der Waals surface area contributed by atoms with Crippen LogP contribution < -0.4 is 9.05 Å². The molecule has 8 nitrogen and oxygen atoms in total. The lowest BCUT2D eigenvalue weighted by Crippen LogP contribution is -2.00. The average molecular weight is 603 g/mol. The van der Waals surface area contributed by atoms with E-state index < -0.39 is 15.6 Å². The Morgan fingerprint density at radius 2 is 0.786 bits per heavy atom. The molecule has 0 atom stereocenters. The molecule has 0 aliphatic rings. The predicted octanol–water partition coefficient (Wildman–Crippen LogP) is 7.91. The second-order valence-corrected chi connectivity index (χ2v) is 12.0. The van der Waals surface area contributed by atoms with Crippen molar-refractivity contribution in [2.45, 2.75) is 13.8 Å². The van der Waals surface area contributed by atoms with Gasteiger partial charge in [-0.1, -0.05) is 109 Å². The summed E-state index contributed by atoms with van der Waals surface area (Å²) in [6.45, 7) is 3.43. The number of rotatable bonds is 8. The average Bonchev–Trinajstić information content (AvgIpc) is 2.95. The maximum absolute atomic E-state index is 12.1. The first-order valence-corrected chi connectivity index (χ1v) is 16.0. The fourth-order valence-electron chi connectivity index (χ4n) is 5.03. The molecule has 0 radical (unpaired) electrons. The normalized spacial score (nSPS) is 11.8. The topological polar surface area (TPSA) is 134 Å². The van der Waals surface area contributed by atoms with Gasteiger partial charge in [0.1, 0.15) is 11.5 Å². The van der Waals surface area contributed by atoms with E-state index in [2.05, 4.69) is 0 Å². The molecule has 0 aliphatic heterocycles. The minimum Gasteiger partial charge on any atom is -0.403 e. The number of phosphoric ester groups is 2. The van der Waals surface area contributed by atoms with Crippen molar-refractivity contribution in [3.8, 4) is 56.0 Å². The molecule has 5 aromatic rings. The second kappa shape index (κ2) is 11.7. The second-order valence-electron chi connectivity index (χ2n) is 9.71. The fourth-order valence-corrected chi connectivity index (χ4v) is 5.98. The quantitative estimate of drug-likeness (QED) is 0.132. The van der Waals surface area contributed by atoms with Gasteiger partial charge in [-0.05, 0) is 58.4 Å². The van der Waals surface area contributed by atoms with Gasteiger partial charge in [0.25, 0.3) is 0 Å². The van der Waals surface area contributed by atoms with Crippen LogP contribution in [0.4, 0.5) is 0 Å². The molecule has 0 amide bonds. The molecule has 0 saturated heterocycles. The highest BCUT2D eigenvalue weighted by molar-refractivity contribution is 7.47. The first-order valence-electron chi connectivity index (χ1n) is 12.9. The number of aryl methyl sites for hydroxylation is 2. The number of benzene rings is 5. The summed E-state index contributed by atoms with van der Waals surface area (Å²) in [4.78, 5) is 39.1. The van der Waals surface area contributed by atoms with Crippen molar-refractivity contribution in [3.05, 3.63) is 120 Å². The van der Waals surface area contributed by atoms with Crippen LogP contribution in [0.5, 0.6) is 11.5 Å². The van der Waals surface area contributed by atoms with Gasteiger partial charge in [-0.25, -0.2) is 9.13 Å². The summed E-state index contributed by atoms with van der Waals surface area (Å²) < 4.78 is 34.6. The van der Waals surface area contributed by atoms with Crippen molar-refractivity contribution in [2.24, 2.45) is 0 Å². The van der Waals surface area contributed by atoms with E-state index in [-0.39, 0.29) is 11.5 Å². The van der Waals surface area contributed by atoms with Crippen molar-refractivity contribution in [1.82, 2.24) is 0 Å². The van der Waals surface area contributed by atoms with E-state index in [1.54, 1.807) is 26.0 Å². The largest absolute Gasteiger partial charge is 0.524 e. The third-order valence-corrected chi connectivity index (χ3v) is 7.60. The molecule has 10 heteroatoms. The first-order chi connectivity index (χ1) is 19.9. The molecule has 5 aromatic carbocycles. The lowest BCUT2D eigenvalue weighted by Gasteiger charge is -2.22. The van der Waals surface area contributed by atoms with E-state index in [9.17, 15) is 28.7 Å². The predicted molar refractivity (Wildman–Crippen MR) is 163 cm³/mol. The molecular formula is C32H28O8P2. The third kappa shape index (κ3) is 6.40. The van der Waals surface area contributed by atoms with Crippen LogP contribution in [0, 0.1) is 13.8 Å². The number of hydrogen-bond donors (Lipinski definition) is 4. The number of phosphoric acid groups is 2. The lowest BCUT2D eigenvalue weighted by atomic mass is 9.85. The van der Waals surface area contributed by atoms with Gasteiger partial charge in [-0.15, -0.1) is 0 Å². The molecule has 0 unspecified atom stereocenters. The van der Waals surface area contributed by atoms with Gasteiger partial charge in [-0.3, -0.25) is 19.6 Å². The molecule has 0 aliphatic carbocycles. The molecule has 0 saturated carbocycles. The van der Waals surface area contributed by atoms with Crippen LogP contribution in [-0.2, 0) is 9.13 Å². The Hall–Kier alpha value is -4.00. The lowest BCUT2D eigenvalue weighted by molar-refractivity contribution is 0.280. The SMILES string of the molecule is Cc1ccc(-c2ccccc2-c2ccc(C)c(OP(=O)(O)O)c2-c2ccccc2)c(-c2ccccc2)c1OP(=O)(O)O. The summed E-state index contributed by atoms with van der Waals surface area (Å²) in [5, 5.41) is 0. The highest BCUT2D eigenvalue weighted by atomic mass is 31.2. The van der Waals surface area contributed by atoms with Crippen LogP contribution in [0.25, 0.3) is 44.5 Å². The van der Waals surface area contributed by atoms with E-state index in [4.69, 9.17) is 9.05 Å². The first kappa shape index (κ1) is 29.5. The molecule has 0 spiro atoms. The van der Waals surface area contributed by atoms with E-state index in [0.29, 0.717) is 55.6 Å². The molecule has 4 N–H and O–H groups in total. The molecule has 214 valence electrons. The van der Waals surface area contributed by atoms with Gasteiger partial charge in [0.15, 0.2) is 0 Å². The van der Waals surface area contributed by atoms with Gasteiger partial charge in [-0.2, -0.15) is 0 Å². The Balaban J connectivity index is 1.86. The maximum Gasteiger partial charge on any atom is 0.524 e. The van der Waals surface area contributed by atoms with Crippen molar-refractivity contribution >= 4 is 15.6 Å². The van der Waals surface area contributed by atoms with Gasteiger partial charge in [0.05, 0.1) is 0 Å². The highest BCUT2D eigenvalue weighted by Crippen LogP contribution is 2.52.